The van der Waals surface area contributed by atoms with E-state index in [9.17, 15) is 5.11 Å². The van der Waals surface area contributed by atoms with E-state index < -0.39 is 0 Å². The third-order valence-corrected chi connectivity index (χ3v) is 2.80. The zero-order valence-corrected chi connectivity index (χ0v) is 10.5. The summed E-state index contributed by atoms with van der Waals surface area (Å²) in [6.07, 6.45) is 0. The number of aromatic hydroxyl groups is 1. The largest absolute Gasteiger partial charge is 0.493 e. The van der Waals surface area contributed by atoms with Crippen molar-refractivity contribution in [3.8, 4) is 11.6 Å². The highest BCUT2D eigenvalue weighted by atomic mass is 35.5. The summed E-state index contributed by atoms with van der Waals surface area (Å²) in [5.41, 5.74) is 1.08. The van der Waals surface area contributed by atoms with Crippen LogP contribution in [0.2, 0.25) is 15.1 Å². The smallest absolute Gasteiger partial charge is 0.214 e. The molecule has 1 aromatic heterocycles. The Bertz CT molecular complexity index is 528. The lowest BCUT2D eigenvalue weighted by Crippen LogP contribution is -1.98. The van der Waals surface area contributed by atoms with Crippen molar-refractivity contribution in [3.63, 3.8) is 0 Å². The van der Waals surface area contributed by atoms with Gasteiger partial charge >= 0.3 is 0 Å². The van der Waals surface area contributed by atoms with Crippen LogP contribution in [0.25, 0.3) is 5.69 Å². The number of aryl methyl sites for hydroxylation is 1. The van der Waals surface area contributed by atoms with E-state index in [4.69, 9.17) is 34.8 Å². The molecule has 1 heterocycles. The fourth-order valence-corrected chi connectivity index (χ4v) is 2.36. The first-order valence-electron chi connectivity index (χ1n) is 4.39. The Hall–Kier alpha value is -0.900. The van der Waals surface area contributed by atoms with Gasteiger partial charge in [-0.05, 0) is 19.1 Å². The topological polar surface area (TPSA) is 38.0 Å². The number of hydrogen-bond acceptors (Lipinski definition) is 2. The third-order valence-electron chi connectivity index (χ3n) is 2.01. The average molecular weight is 278 g/mol. The number of aromatic nitrogens is 2. The fourth-order valence-electron chi connectivity index (χ4n) is 1.39. The van der Waals surface area contributed by atoms with Crippen LogP contribution in [-0.2, 0) is 0 Å². The lowest BCUT2D eigenvalue weighted by Gasteiger charge is -2.08. The molecule has 1 aromatic carbocycles. The van der Waals surface area contributed by atoms with E-state index in [1.54, 1.807) is 19.1 Å². The summed E-state index contributed by atoms with van der Waals surface area (Å²) >= 11 is 17.8. The van der Waals surface area contributed by atoms with E-state index in [2.05, 4.69) is 5.10 Å². The second-order valence-electron chi connectivity index (χ2n) is 3.27. The van der Waals surface area contributed by atoms with Gasteiger partial charge in [-0.2, -0.15) is 9.78 Å². The Morgan fingerprint density at radius 3 is 2.12 bits per heavy atom. The molecule has 2 rings (SSSR count). The van der Waals surface area contributed by atoms with E-state index in [0.717, 1.165) is 0 Å². The molecule has 0 aliphatic rings. The summed E-state index contributed by atoms with van der Waals surface area (Å²) in [4.78, 5) is 0. The van der Waals surface area contributed by atoms with Gasteiger partial charge in [0, 0.05) is 11.1 Å². The first kappa shape index (κ1) is 11.6. The predicted octanol–water partition coefficient (Wildman–Crippen LogP) is 3.85. The molecule has 0 aliphatic heterocycles. The monoisotopic (exact) mass is 276 g/mol. The third kappa shape index (κ3) is 1.98. The molecule has 3 nitrogen and oxygen atoms in total. The minimum Gasteiger partial charge on any atom is -0.493 e. The first-order valence-corrected chi connectivity index (χ1v) is 5.53. The molecule has 0 saturated heterocycles. The SMILES string of the molecule is Cc1cc(O)n(-c2c(Cl)cc(Cl)cc2Cl)n1. The molecule has 0 unspecified atom stereocenters. The molecule has 16 heavy (non-hydrogen) atoms. The molecule has 84 valence electrons. The fraction of sp³-hybridized carbons (Fsp3) is 0.100. The Balaban J connectivity index is 2.69. The first-order chi connectivity index (χ1) is 7.49. The summed E-state index contributed by atoms with van der Waals surface area (Å²) in [6.45, 7) is 1.76. The van der Waals surface area contributed by atoms with Gasteiger partial charge in [-0.15, -0.1) is 0 Å². The lowest BCUT2D eigenvalue weighted by molar-refractivity contribution is 0.433. The standard InChI is InChI=1S/C10H7Cl3N2O/c1-5-2-9(16)15(14-5)10-7(12)3-6(11)4-8(10)13/h2-4,16H,1H3. The van der Waals surface area contributed by atoms with Crippen molar-refractivity contribution in [2.45, 2.75) is 6.92 Å². The highest BCUT2D eigenvalue weighted by molar-refractivity contribution is 6.40. The maximum atomic E-state index is 9.65. The molecule has 6 heteroatoms. The minimum atomic E-state index is -0.0244. The molecule has 1 N–H and O–H groups in total. The molecule has 0 fully saturated rings. The van der Waals surface area contributed by atoms with Crippen molar-refractivity contribution in [1.82, 2.24) is 9.78 Å². The number of rotatable bonds is 1. The van der Waals surface area contributed by atoms with Gasteiger partial charge in [0.05, 0.1) is 15.7 Å². The molecule has 2 aromatic rings. The number of hydrogen-bond donors (Lipinski definition) is 1. The molecule has 0 aliphatic carbocycles. The molecule has 0 spiro atoms. The van der Waals surface area contributed by atoms with Crippen LogP contribution in [0.3, 0.4) is 0 Å². The van der Waals surface area contributed by atoms with E-state index in [1.807, 2.05) is 0 Å². The summed E-state index contributed by atoms with van der Waals surface area (Å²) in [7, 11) is 0. The highest BCUT2D eigenvalue weighted by Crippen LogP contribution is 2.34. The molecule has 0 atom stereocenters. The molecule has 0 saturated carbocycles. The maximum Gasteiger partial charge on any atom is 0.214 e. The molecular weight excluding hydrogens is 270 g/mol. The maximum absolute atomic E-state index is 9.65. The Morgan fingerprint density at radius 2 is 1.69 bits per heavy atom. The number of benzene rings is 1. The van der Waals surface area contributed by atoms with Crippen LogP contribution in [0.1, 0.15) is 5.69 Å². The molecular formula is C10H7Cl3N2O. The second kappa shape index (κ2) is 4.17. The van der Waals surface area contributed by atoms with Crippen LogP contribution in [0, 0.1) is 6.92 Å². The zero-order valence-electron chi connectivity index (χ0n) is 8.21. The van der Waals surface area contributed by atoms with E-state index in [-0.39, 0.29) is 5.88 Å². The summed E-state index contributed by atoms with van der Waals surface area (Å²) < 4.78 is 1.27. The summed E-state index contributed by atoms with van der Waals surface area (Å²) in [5, 5.41) is 14.8. The predicted molar refractivity (Wildman–Crippen MR) is 65.0 cm³/mol. The van der Waals surface area contributed by atoms with Gasteiger partial charge in [0.15, 0.2) is 0 Å². The summed E-state index contributed by atoms with van der Waals surface area (Å²) in [6, 6.07) is 4.60. The van der Waals surface area contributed by atoms with Crippen LogP contribution in [0.15, 0.2) is 18.2 Å². The quantitative estimate of drug-likeness (QED) is 0.860. The lowest BCUT2D eigenvalue weighted by atomic mass is 10.3. The van der Waals surface area contributed by atoms with Gasteiger partial charge in [-0.3, -0.25) is 0 Å². The van der Waals surface area contributed by atoms with Crippen LogP contribution in [0.4, 0.5) is 0 Å². The highest BCUT2D eigenvalue weighted by Gasteiger charge is 2.14. The summed E-state index contributed by atoms with van der Waals surface area (Å²) in [5.74, 6) is -0.0244. The second-order valence-corrected chi connectivity index (χ2v) is 4.52. The minimum absolute atomic E-state index is 0.0244. The van der Waals surface area contributed by atoms with Crippen molar-refractivity contribution in [3.05, 3.63) is 39.0 Å². The average Bonchev–Trinajstić information content (AvgIpc) is 2.43. The van der Waals surface area contributed by atoms with Crippen molar-refractivity contribution in [1.29, 1.82) is 0 Å². The van der Waals surface area contributed by atoms with Gasteiger partial charge in [0.25, 0.3) is 0 Å². The Morgan fingerprint density at radius 1 is 1.12 bits per heavy atom. The van der Waals surface area contributed by atoms with Crippen LogP contribution in [0.5, 0.6) is 5.88 Å². The zero-order chi connectivity index (χ0) is 11.9. The van der Waals surface area contributed by atoms with E-state index in [0.29, 0.717) is 26.4 Å². The van der Waals surface area contributed by atoms with E-state index >= 15 is 0 Å². The molecule has 0 amide bonds. The van der Waals surface area contributed by atoms with Gasteiger partial charge in [0.1, 0.15) is 5.69 Å². The Labute approximate surface area is 107 Å². The van der Waals surface area contributed by atoms with Crippen molar-refractivity contribution >= 4 is 34.8 Å². The van der Waals surface area contributed by atoms with Gasteiger partial charge < -0.3 is 5.11 Å². The molecule has 0 radical (unpaired) electrons. The van der Waals surface area contributed by atoms with Crippen LogP contribution in [-0.4, -0.2) is 14.9 Å². The van der Waals surface area contributed by atoms with Crippen LogP contribution >= 0.6 is 34.8 Å². The van der Waals surface area contributed by atoms with Gasteiger partial charge in [-0.1, -0.05) is 34.8 Å². The van der Waals surface area contributed by atoms with Gasteiger partial charge in [0.2, 0.25) is 5.88 Å². The number of halogens is 3. The van der Waals surface area contributed by atoms with E-state index in [1.165, 1.54) is 10.7 Å². The van der Waals surface area contributed by atoms with Gasteiger partial charge in [-0.25, -0.2) is 0 Å². The normalized spacial score (nSPS) is 10.8. The number of nitrogens with zero attached hydrogens (tertiary/aromatic N) is 2. The van der Waals surface area contributed by atoms with Crippen molar-refractivity contribution in [2.24, 2.45) is 0 Å². The molecule has 0 bridgehead atoms. The van der Waals surface area contributed by atoms with Crippen LogP contribution < -0.4 is 0 Å². The van der Waals surface area contributed by atoms with Crippen molar-refractivity contribution < 1.29 is 5.11 Å². The Kier molecular flexibility index (Phi) is 3.02. The van der Waals surface area contributed by atoms with Crippen molar-refractivity contribution in [2.75, 3.05) is 0 Å².